The van der Waals surface area contributed by atoms with E-state index in [0.717, 1.165) is 0 Å². The fraction of sp³-hybridized carbons (Fsp3) is 0.941. The van der Waals surface area contributed by atoms with E-state index in [0.29, 0.717) is 0 Å². The predicted octanol–water partition coefficient (Wildman–Crippen LogP) is 1.02. The fourth-order valence-corrected chi connectivity index (χ4v) is 6.55. The highest BCUT2D eigenvalue weighted by Gasteiger charge is 2.52. The molecular formula is C34H66N2O11. The van der Waals surface area contributed by atoms with Gasteiger partial charge in [0, 0.05) is 26.9 Å². The average molecular weight is 679 g/mol. The number of methoxy groups -OCH3 is 1. The zero-order valence-corrected chi connectivity index (χ0v) is 30.1. The second-order valence-corrected chi connectivity index (χ2v) is 13.5. The SMILES string of the molecule is CCCC[N+](CCCC)(CCCC)CCCC.COC1(CO)C[C@H](O)[C@H](OCC2(O)C[C@H](NC(C)=O)[C@H](C)OC2CO)OC1C(=O)[O-]. The van der Waals surface area contributed by atoms with E-state index in [1.54, 1.807) is 6.92 Å². The van der Waals surface area contributed by atoms with Gasteiger partial charge in [0.15, 0.2) is 6.29 Å². The summed E-state index contributed by atoms with van der Waals surface area (Å²) in [4.78, 5) is 22.9. The van der Waals surface area contributed by atoms with Gasteiger partial charge in [0.05, 0.1) is 64.1 Å². The van der Waals surface area contributed by atoms with Crippen molar-refractivity contribution in [3.05, 3.63) is 0 Å². The van der Waals surface area contributed by atoms with E-state index >= 15 is 0 Å². The highest BCUT2D eigenvalue weighted by molar-refractivity contribution is 5.73. The smallest absolute Gasteiger partial charge is 0.217 e. The summed E-state index contributed by atoms with van der Waals surface area (Å²) in [6, 6.07) is -0.567. The first kappa shape index (κ1) is 43.6. The van der Waals surface area contributed by atoms with Gasteiger partial charge in [-0.25, -0.2) is 0 Å². The van der Waals surface area contributed by atoms with Crippen LogP contribution in [0.5, 0.6) is 0 Å². The molecule has 0 aromatic heterocycles. The Balaban J connectivity index is 0.000000554. The normalized spacial score (nSPS) is 31.1. The van der Waals surface area contributed by atoms with Crippen LogP contribution in [-0.2, 0) is 28.5 Å². The van der Waals surface area contributed by atoms with Gasteiger partial charge in [-0.2, -0.15) is 0 Å². The molecule has 1 amide bonds. The molecule has 0 saturated carbocycles. The Hall–Kier alpha value is -1.42. The Morgan fingerprint density at radius 2 is 1.45 bits per heavy atom. The lowest BCUT2D eigenvalue weighted by Crippen LogP contribution is -2.66. The van der Waals surface area contributed by atoms with Gasteiger partial charge in [-0.05, 0) is 32.6 Å². The summed E-state index contributed by atoms with van der Waals surface area (Å²) in [7, 11) is 1.17. The van der Waals surface area contributed by atoms with Crippen molar-refractivity contribution in [2.45, 2.75) is 154 Å². The van der Waals surface area contributed by atoms with Crippen molar-refractivity contribution in [1.29, 1.82) is 0 Å². The molecule has 2 rings (SSSR count). The summed E-state index contributed by atoms with van der Waals surface area (Å²) in [5, 5.41) is 54.7. The number of rotatable bonds is 20. The van der Waals surface area contributed by atoms with Gasteiger partial charge in [0.1, 0.15) is 29.5 Å². The van der Waals surface area contributed by atoms with Crippen LogP contribution in [0.1, 0.15) is 106 Å². The largest absolute Gasteiger partial charge is 0.547 e. The van der Waals surface area contributed by atoms with E-state index in [2.05, 4.69) is 33.0 Å². The molecule has 13 heteroatoms. The summed E-state index contributed by atoms with van der Waals surface area (Å²) >= 11 is 0. The Morgan fingerprint density at radius 3 is 1.83 bits per heavy atom. The zero-order chi connectivity index (χ0) is 35.7. The van der Waals surface area contributed by atoms with E-state index in [1.165, 1.54) is 96.1 Å². The molecule has 4 unspecified atom stereocenters. The van der Waals surface area contributed by atoms with E-state index in [4.69, 9.17) is 18.9 Å². The highest BCUT2D eigenvalue weighted by Crippen LogP contribution is 2.35. The van der Waals surface area contributed by atoms with Gasteiger partial charge < -0.3 is 59.1 Å². The maximum Gasteiger partial charge on any atom is 0.217 e. The van der Waals surface area contributed by atoms with Crippen molar-refractivity contribution < 1.29 is 58.6 Å². The molecule has 0 aromatic rings. The number of carbonyl (C=O) groups is 2. The number of hydrogen-bond acceptors (Lipinski definition) is 11. The fourth-order valence-electron chi connectivity index (χ4n) is 6.55. The van der Waals surface area contributed by atoms with Crippen molar-refractivity contribution in [3.63, 3.8) is 0 Å². The van der Waals surface area contributed by atoms with E-state index in [-0.39, 0.29) is 18.7 Å². The van der Waals surface area contributed by atoms with Gasteiger partial charge in [-0.15, -0.1) is 0 Å². The molecule has 8 atom stereocenters. The molecule has 2 aliphatic heterocycles. The molecular weight excluding hydrogens is 612 g/mol. The Morgan fingerprint density at radius 1 is 0.936 bits per heavy atom. The average Bonchev–Trinajstić information content (AvgIpc) is 3.04. The number of aliphatic hydroxyl groups excluding tert-OH is 3. The lowest BCUT2D eigenvalue weighted by molar-refractivity contribution is -0.929. The van der Waals surface area contributed by atoms with Gasteiger partial charge in [-0.3, -0.25) is 4.79 Å². The first-order valence-electron chi connectivity index (χ1n) is 17.7. The summed E-state index contributed by atoms with van der Waals surface area (Å²) in [5.41, 5.74) is -3.48. The number of nitrogens with zero attached hydrogens (tertiary/aromatic N) is 1. The molecule has 0 radical (unpaired) electrons. The molecule has 2 aliphatic rings. The van der Waals surface area contributed by atoms with Crippen LogP contribution in [0.15, 0.2) is 0 Å². The third-order valence-corrected chi connectivity index (χ3v) is 9.62. The number of aliphatic carboxylic acids is 1. The Labute approximate surface area is 282 Å². The third-order valence-electron chi connectivity index (χ3n) is 9.62. The molecule has 2 heterocycles. The molecule has 2 fully saturated rings. The van der Waals surface area contributed by atoms with Crippen molar-refractivity contribution in [1.82, 2.24) is 5.32 Å². The molecule has 2 saturated heterocycles. The maximum atomic E-state index is 11.5. The van der Waals surface area contributed by atoms with Gasteiger partial charge >= 0.3 is 0 Å². The lowest BCUT2D eigenvalue weighted by atomic mass is 9.84. The van der Waals surface area contributed by atoms with Crippen LogP contribution < -0.4 is 10.4 Å². The molecule has 0 spiro atoms. The predicted molar refractivity (Wildman–Crippen MR) is 175 cm³/mol. The number of aliphatic hydroxyl groups is 4. The zero-order valence-electron chi connectivity index (χ0n) is 30.1. The minimum atomic E-state index is -1.76. The third kappa shape index (κ3) is 13.1. The van der Waals surface area contributed by atoms with Crippen LogP contribution in [0.25, 0.3) is 0 Å². The molecule has 13 nitrogen and oxygen atoms in total. The molecule has 0 aliphatic carbocycles. The lowest BCUT2D eigenvalue weighted by Gasteiger charge is -2.48. The van der Waals surface area contributed by atoms with Gasteiger partial charge in [-0.1, -0.05) is 53.4 Å². The first-order valence-corrected chi connectivity index (χ1v) is 17.7. The summed E-state index contributed by atoms with van der Waals surface area (Å²) in [6.07, 6.45) is 4.56. The number of nitrogens with one attached hydrogen (secondary N) is 1. The quantitative estimate of drug-likeness (QED) is 0.116. The molecule has 47 heavy (non-hydrogen) atoms. The molecule has 0 aromatic carbocycles. The molecule has 278 valence electrons. The van der Waals surface area contributed by atoms with Crippen molar-refractivity contribution >= 4 is 11.9 Å². The Bertz CT molecular complexity index is 853. The van der Waals surface area contributed by atoms with E-state index in [9.17, 15) is 35.1 Å². The highest BCUT2D eigenvalue weighted by atomic mass is 16.7. The van der Waals surface area contributed by atoms with Gasteiger partial charge in [0.25, 0.3) is 0 Å². The van der Waals surface area contributed by atoms with E-state index < -0.39 is 73.7 Å². The summed E-state index contributed by atoms with van der Waals surface area (Å²) in [5.74, 6) is -2.00. The van der Waals surface area contributed by atoms with Crippen LogP contribution in [0.4, 0.5) is 0 Å². The second kappa shape index (κ2) is 21.6. The number of carboxylic acid groups (broad SMARTS) is 1. The minimum Gasteiger partial charge on any atom is -0.547 e. The van der Waals surface area contributed by atoms with Crippen LogP contribution in [0.2, 0.25) is 0 Å². The number of ether oxygens (including phenoxy) is 4. The van der Waals surface area contributed by atoms with E-state index in [1.807, 2.05) is 0 Å². The Kier molecular flexibility index (Phi) is 20.1. The molecule has 0 bridgehead atoms. The molecule has 5 N–H and O–H groups in total. The van der Waals surface area contributed by atoms with Gasteiger partial charge in [0.2, 0.25) is 5.91 Å². The van der Waals surface area contributed by atoms with Crippen molar-refractivity contribution in [2.24, 2.45) is 0 Å². The first-order chi connectivity index (χ1) is 22.3. The van der Waals surface area contributed by atoms with Crippen LogP contribution in [0, 0.1) is 0 Å². The van der Waals surface area contributed by atoms with Crippen LogP contribution >= 0.6 is 0 Å². The standard InChI is InChI=1S/C18H31NO11.C16H36N/c1-9-11(19-10(2)22)4-17(26,13(6-20)29-9)8-28-16-12(23)5-18(7-21,27-3)14(30-16)15(24)25;1-5-9-13-17(14-10-6-2,15-11-7-3)16-12-8-4/h9,11-14,16,20-21,23,26H,4-8H2,1-3H3,(H,19,22)(H,24,25);5-16H2,1-4H3/q;+1/p-1/t9-,11-,12-,13?,14?,16+,17?,18?;/m0./s1. The number of unbranched alkanes of at least 4 members (excludes halogenated alkanes) is 4. The summed E-state index contributed by atoms with van der Waals surface area (Å²) < 4.78 is 22.8. The second-order valence-electron chi connectivity index (χ2n) is 13.5. The minimum absolute atomic E-state index is 0.0235. The summed E-state index contributed by atoms with van der Waals surface area (Å²) in [6.45, 7) is 16.2. The number of carbonyl (C=O) groups excluding carboxylic acids is 2. The van der Waals surface area contributed by atoms with Crippen molar-refractivity contribution in [2.75, 3.05) is 53.1 Å². The number of carboxylic acids is 1. The topological polar surface area (TPSA) is 187 Å². The van der Waals surface area contributed by atoms with Crippen molar-refractivity contribution in [3.8, 4) is 0 Å². The van der Waals surface area contributed by atoms with Crippen LogP contribution in [-0.4, -0.2) is 138 Å². The number of hydrogen-bond donors (Lipinski definition) is 5. The monoisotopic (exact) mass is 678 g/mol. The van der Waals surface area contributed by atoms with Crippen LogP contribution in [0.3, 0.4) is 0 Å². The maximum absolute atomic E-state index is 11.5. The number of quaternary nitrogens is 1. The number of amides is 1.